The SMILES string of the molecule is CCOc1c(Cl)cc([C@H]2C(C#N)=C(SCCOc3ccccc3Cl)NC(=O)[C@@H]2C(=O)OC)cc1Cl. The Balaban J connectivity index is 1.94. The van der Waals surface area contributed by atoms with Crippen LogP contribution in [0.4, 0.5) is 0 Å². The first-order chi connectivity index (χ1) is 16.8. The van der Waals surface area contributed by atoms with Crippen molar-refractivity contribution < 1.29 is 23.8 Å². The van der Waals surface area contributed by atoms with Crippen LogP contribution >= 0.6 is 46.6 Å². The van der Waals surface area contributed by atoms with Crippen LogP contribution in [0.2, 0.25) is 15.1 Å². The van der Waals surface area contributed by atoms with Gasteiger partial charge in [0.25, 0.3) is 0 Å². The van der Waals surface area contributed by atoms with Crippen LogP contribution in [0.25, 0.3) is 0 Å². The number of hydrogen-bond donors (Lipinski definition) is 1. The monoisotopic (exact) mass is 554 g/mol. The molecule has 0 saturated carbocycles. The number of esters is 1. The first-order valence-corrected chi connectivity index (χ1v) is 12.6. The van der Waals surface area contributed by atoms with Gasteiger partial charge < -0.3 is 19.5 Å². The highest BCUT2D eigenvalue weighted by molar-refractivity contribution is 8.03. The highest BCUT2D eigenvalue weighted by atomic mass is 35.5. The number of nitrogens with zero attached hydrogens (tertiary/aromatic N) is 1. The van der Waals surface area contributed by atoms with Gasteiger partial charge in [-0.15, -0.1) is 11.8 Å². The third-order valence-electron chi connectivity index (χ3n) is 5.08. The average Bonchev–Trinajstić information content (AvgIpc) is 2.84. The number of carbonyl (C=O) groups excluding carboxylic acids is 2. The Bertz CT molecular complexity index is 1170. The predicted octanol–water partition coefficient (Wildman–Crippen LogP) is 5.60. The Morgan fingerprint density at radius 2 is 1.83 bits per heavy atom. The number of halogens is 3. The van der Waals surface area contributed by atoms with E-state index in [2.05, 4.69) is 11.4 Å². The van der Waals surface area contributed by atoms with Crippen molar-refractivity contribution in [1.29, 1.82) is 5.26 Å². The molecule has 0 bridgehead atoms. The molecular weight excluding hydrogens is 535 g/mol. The molecule has 35 heavy (non-hydrogen) atoms. The number of nitrogens with one attached hydrogen (secondary N) is 1. The van der Waals surface area contributed by atoms with Crippen LogP contribution in [0.3, 0.4) is 0 Å². The van der Waals surface area contributed by atoms with E-state index in [1.54, 1.807) is 31.2 Å². The van der Waals surface area contributed by atoms with Gasteiger partial charge in [0.1, 0.15) is 11.7 Å². The fraction of sp³-hybridized carbons (Fsp3) is 0.292. The van der Waals surface area contributed by atoms with Crippen LogP contribution in [0.1, 0.15) is 18.4 Å². The zero-order chi connectivity index (χ0) is 25.5. The Kier molecular flexibility index (Phi) is 9.58. The second kappa shape index (κ2) is 12.4. The number of nitriles is 1. The maximum Gasteiger partial charge on any atom is 0.319 e. The minimum atomic E-state index is -1.30. The van der Waals surface area contributed by atoms with Crippen molar-refractivity contribution in [3.8, 4) is 17.6 Å². The normalized spacial score (nSPS) is 17.4. The quantitative estimate of drug-likeness (QED) is 0.244. The molecule has 0 spiro atoms. The van der Waals surface area contributed by atoms with Crippen molar-refractivity contribution in [3.05, 3.63) is 67.6 Å². The van der Waals surface area contributed by atoms with E-state index >= 15 is 0 Å². The van der Waals surface area contributed by atoms with E-state index in [4.69, 9.17) is 49.0 Å². The number of benzene rings is 2. The van der Waals surface area contributed by atoms with Crippen LogP contribution < -0.4 is 14.8 Å². The molecule has 1 heterocycles. The minimum Gasteiger partial charge on any atom is -0.491 e. The molecule has 0 fully saturated rings. The molecule has 2 aromatic carbocycles. The van der Waals surface area contributed by atoms with Gasteiger partial charge in [0.2, 0.25) is 5.91 Å². The summed E-state index contributed by atoms with van der Waals surface area (Å²) in [5, 5.41) is 13.9. The van der Waals surface area contributed by atoms with Gasteiger partial charge >= 0.3 is 5.97 Å². The second-order valence-corrected chi connectivity index (χ2v) is 9.52. The number of hydrogen-bond acceptors (Lipinski definition) is 7. The summed E-state index contributed by atoms with van der Waals surface area (Å²) in [4.78, 5) is 25.6. The fourth-order valence-corrected chi connectivity index (χ4v) is 5.25. The zero-order valence-corrected chi connectivity index (χ0v) is 21.9. The van der Waals surface area contributed by atoms with Crippen LogP contribution in [0, 0.1) is 17.2 Å². The Morgan fingerprint density at radius 3 is 2.43 bits per heavy atom. The fourth-order valence-electron chi connectivity index (χ4n) is 3.58. The molecule has 1 aliphatic heterocycles. The number of para-hydroxylation sites is 1. The van der Waals surface area contributed by atoms with Crippen LogP contribution in [0.5, 0.6) is 11.5 Å². The summed E-state index contributed by atoms with van der Waals surface area (Å²) in [7, 11) is 1.18. The molecule has 0 radical (unpaired) electrons. The number of allylic oxidation sites excluding steroid dienone is 1. The van der Waals surface area contributed by atoms with Gasteiger partial charge in [0, 0.05) is 11.7 Å². The van der Waals surface area contributed by atoms with E-state index in [1.165, 1.54) is 31.0 Å². The summed E-state index contributed by atoms with van der Waals surface area (Å²) in [6, 6.07) is 12.3. The van der Waals surface area contributed by atoms with Gasteiger partial charge in [-0.3, -0.25) is 9.59 Å². The predicted molar refractivity (Wildman–Crippen MR) is 136 cm³/mol. The molecule has 0 unspecified atom stereocenters. The van der Waals surface area contributed by atoms with Gasteiger partial charge in [-0.1, -0.05) is 46.9 Å². The van der Waals surface area contributed by atoms with Crippen molar-refractivity contribution in [2.45, 2.75) is 12.8 Å². The molecule has 3 rings (SSSR count). The molecule has 2 atom stereocenters. The summed E-state index contributed by atoms with van der Waals surface area (Å²) in [5.74, 6) is -2.44. The molecule has 184 valence electrons. The average molecular weight is 556 g/mol. The number of methoxy groups -OCH3 is 1. The lowest BCUT2D eigenvalue weighted by Gasteiger charge is -2.31. The smallest absolute Gasteiger partial charge is 0.319 e. The van der Waals surface area contributed by atoms with Gasteiger partial charge in [-0.05, 0) is 36.8 Å². The molecular formula is C24H21Cl3N2O5S. The number of carbonyl (C=O) groups is 2. The zero-order valence-electron chi connectivity index (χ0n) is 18.8. The van der Waals surface area contributed by atoms with E-state index < -0.39 is 23.7 Å². The molecule has 1 aliphatic rings. The number of thioether (sulfide) groups is 1. The lowest BCUT2D eigenvalue weighted by atomic mass is 9.78. The third kappa shape index (κ3) is 6.17. The first-order valence-electron chi connectivity index (χ1n) is 10.5. The number of rotatable bonds is 9. The highest BCUT2D eigenvalue weighted by Crippen LogP contribution is 2.44. The van der Waals surface area contributed by atoms with Crippen molar-refractivity contribution in [2.24, 2.45) is 5.92 Å². The van der Waals surface area contributed by atoms with Crippen LogP contribution in [0.15, 0.2) is 47.0 Å². The Labute approximate surface area is 222 Å². The molecule has 1 amide bonds. The van der Waals surface area contributed by atoms with Gasteiger partial charge in [0.15, 0.2) is 5.75 Å². The molecule has 7 nitrogen and oxygen atoms in total. The summed E-state index contributed by atoms with van der Waals surface area (Å²) in [6.07, 6.45) is 0. The maximum atomic E-state index is 13.0. The van der Waals surface area contributed by atoms with Crippen molar-refractivity contribution >= 4 is 58.4 Å². The van der Waals surface area contributed by atoms with Crippen molar-refractivity contribution in [3.63, 3.8) is 0 Å². The second-order valence-electron chi connectivity index (χ2n) is 7.20. The first kappa shape index (κ1) is 27.0. The van der Waals surface area contributed by atoms with E-state index in [0.717, 1.165) is 0 Å². The maximum absolute atomic E-state index is 13.0. The Hall–Kier alpha value is -2.57. The topological polar surface area (TPSA) is 97.6 Å². The molecule has 0 aliphatic carbocycles. The van der Waals surface area contributed by atoms with Gasteiger partial charge in [0.05, 0.1) is 52.1 Å². The highest BCUT2D eigenvalue weighted by Gasteiger charge is 2.44. The molecule has 11 heteroatoms. The lowest BCUT2D eigenvalue weighted by molar-refractivity contribution is -0.150. The summed E-state index contributed by atoms with van der Waals surface area (Å²) in [5.41, 5.74) is 0.592. The largest absolute Gasteiger partial charge is 0.491 e. The van der Waals surface area contributed by atoms with Gasteiger partial charge in [-0.2, -0.15) is 5.26 Å². The molecule has 0 aromatic heterocycles. The van der Waals surface area contributed by atoms with Crippen LogP contribution in [-0.4, -0.2) is 38.0 Å². The van der Waals surface area contributed by atoms with E-state index in [0.29, 0.717) is 33.7 Å². The number of ether oxygens (including phenoxy) is 3. The number of amides is 1. The third-order valence-corrected chi connectivity index (χ3v) is 6.93. The van der Waals surface area contributed by atoms with Crippen LogP contribution in [-0.2, 0) is 14.3 Å². The minimum absolute atomic E-state index is 0.180. The van der Waals surface area contributed by atoms with Crippen molar-refractivity contribution in [1.82, 2.24) is 5.32 Å². The van der Waals surface area contributed by atoms with Gasteiger partial charge in [-0.25, -0.2) is 0 Å². The molecule has 1 N–H and O–H groups in total. The molecule has 0 saturated heterocycles. The lowest BCUT2D eigenvalue weighted by Crippen LogP contribution is -2.44. The van der Waals surface area contributed by atoms with Crippen molar-refractivity contribution in [2.75, 3.05) is 26.1 Å². The summed E-state index contributed by atoms with van der Waals surface area (Å²) in [6.45, 7) is 2.39. The van der Waals surface area contributed by atoms with E-state index in [-0.39, 0.29) is 28.0 Å². The molecule has 2 aromatic rings. The summed E-state index contributed by atoms with van der Waals surface area (Å²) < 4.78 is 16.0. The Morgan fingerprint density at radius 1 is 1.14 bits per heavy atom. The standard InChI is InChI=1S/C24H21Cl3N2O5S/c1-3-33-21-16(26)10-13(11-17(21)27)19-14(12-28)23(29-22(30)20(19)24(31)32-2)35-9-8-34-18-7-5-4-6-15(18)25/h4-7,10-11,19-20H,3,8-9H2,1-2H3,(H,29,30)/t19-,20+/m0/s1. The summed E-state index contributed by atoms with van der Waals surface area (Å²) >= 11 is 20.1. The van der Waals surface area contributed by atoms with E-state index in [9.17, 15) is 14.9 Å². The van der Waals surface area contributed by atoms with E-state index in [1.807, 2.05) is 0 Å².